The molecule has 2 amide bonds. The van der Waals surface area contributed by atoms with Crippen molar-refractivity contribution >= 4 is 29.1 Å². The van der Waals surface area contributed by atoms with Crippen LogP contribution in [0.1, 0.15) is 5.76 Å². The topological polar surface area (TPSA) is 74.6 Å². The minimum atomic E-state index is -1.69. The number of amides is 2. The fraction of sp³-hybridized carbons (Fsp3) is 0.182. The lowest BCUT2D eigenvalue weighted by Gasteiger charge is -2.15. The second kappa shape index (κ2) is 10.3. The molecule has 1 aromatic heterocycles. The van der Waals surface area contributed by atoms with Crippen molar-refractivity contribution in [2.45, 2.75) is 6.54 Å². The molecule has 0 radical (unpaired) electrons. The summed E-state index contributed by atoms with van der Waals surface area (Å²) in [5, 5.41) is 5.07. The molecule has 0 aliphatic carbocycles. The number of halogens is 4. The van der Waals surface area contributed by atoms with Crippen LogP contribution in [-0.2, 0) is 16.1 Å². The van der Waals surface area contributed by atoms with Crippen LogP contribution in [-0.4, -0.2) is 36.9 Å². The van der Waals surface area contributed by atoms with Gasteiger partial charge in [-0.2, -0.15) is 0 Å². The van der Waals surface area contributed by atoms with E-state index in [1.165, 1.54) is 0 Å². The van der Waals surface area contributed by atoms with Crippen molar-refractivity contribution in [1.29, 1.82) is 0 Å². The molecule has 0 aliphatic rings. The van der Waals surface area contributed by atoms with Crippen LogP contribution in [0, 0.1) is 17.5 Å². The summed E-state index contributed by atoms with van der Waals surface area (Å²) in [5.41, 5.74) is 0.346. The van der Waals surface area contributed by atoms with Crippen LogP contribution >= 0.6 is 11.6 Å². The number of rotatable bonds is 8. The van der Waals surface area contributed by atoms with E-state index in [9.17, 15) is 22.8 Å². The molecule has 2 aromatic carbocycles. The quantitative estimate of drug-likeness (QED) is 0.489. The summed E-state index contributed by atoms with van der Waals surface area (Å²) in [6.45, 7) is -0.163. The van der Waals surface area contributed by atoms with Gasteiger partial charge >= 0.3 is 0 Å². The first kappa shape index (κ1) is 23.4. The molecule has 0 spiro atoms. The van der Waals surface area contributed by atoms with Crippen LogP contribution in [0.5, 0.6) is 0 Å². The Balaban J connectivity index is 1.45. The van der Waals surface area contributed by atoms with Gasteiger partial charge in [-0.25, -0.2) is 13.2 Å². The minimum Gasteiger partial charge on any atom is -0.460 e. The zero-order valence-corrected chi connectivity index (χ0v) is 17.7. The maximum Gasteiger partial charge on any atom is 0.243 e. The lowest BCUT2D eigenvalue weighted by molar-refractivity contribution is -0.124. The van der Waals surface area contributed by atoms with Crippen molar-refractivity contribution in [1.82, 2.24) is 10.2 Å². The number of carbonyl (C=O) groups is 2. The van der Waals surface area contributed by atoms with Crippen LogP contribution in [0.4, 0.5) is 18.9 Å². The maximum atomic E-state index is 13.6. The van der Waals surface area contributed by atoms with Gasteiger partial charge in [0.05, 0.1) is 25.3 Å². The normalized spacial score (nSPS) is 10.9. The highest BCUT2D eigenvalue weighted by Crippen LogP contribution is 2.24. The van der Waals surface area contributed by atoms with E-state index in [1.807, 2.05) is 18.2 Å². The Morgan fingerprint density at radius 2 is 1.69 bits per heavy atom. The summed E-state index contributed by atoms with van der Waals surface area (Å²) in [6.07, 6.45) is 0. The van der Waals surface area contributed by atoms with Crippen LogP contribution in [0.15, 0.2) is 52.9 Å². The van der Waals surface area contributed by atoms with Gasteiger partial charge in [-0.15, -0.1) is 0 Å². The maximum absolute atomic E-state index is 13.6. The number of carbonyl (C=O) groups excluding carboxylic acids is 2. The Bertz CT molecular complexity index is 1120. The van der Waals surface area contributed by atoms with Gasteiger partial charge in [-0.3, -0.25) is 14.5 Å². The van der Waals surface area contributed by atoms with Crippen molar-refractivity contribution in [3.05, 3.63) is 76.8 Å². The van der Waals surface area contributed by atoms with Gasteiger partial charge in [-0.05, 0) is 55.6 Å². The molecule has 32 heavy (non-hydrogen) atoms. The van der Waals surface area contributed by atoms with Crippen molar-refractivity contribution < 1.29 is 27.2 Å². The van der Waals surface area contributed by atoms with Crippen molar-refractivity contribution in [2.75, 3.05) is 25.5 Å². The van der Waals surface area contributed by atoms with Gasteiger partial charge in [0.25, 0.3) is 0 Å². The summed E-state index contributed by atoms with van der Waals surface area (Å²) in [4.78, 5) is 25.6. The molecule has 1 heterocycles. The van der Waals surface area contributed by atoms with Crippen molar-refractivity contribution in [3.8, 4) is 11.3 Å². The number of likely N-dealkylation sites (N-methyl/N-ethyl adjacent to an activating group) is 1. The average Bonchev–Trinajstić information content (AvgIpc) is 3.21. The zero-order chi connectivity index (χ0) is 23.3. The molecule has 2 N–H and O–H groups in total. The molecule has 168 valence electrons. The molecule has 0 atom stereocenters. The van der Waals surface area contributed by atoms with Gasteiger partial charge in [0.15, 0.2) is 17.5 Å². The number of anilines is 1. The first-order valence-corrected chi connectivity index (χ1v) is 9.84. The summed E-state index contributed by atoms with van der Waals surface area (Å²) in [7, 11) is 1.70. The van der Waals surface area contributed by atoms with Crippen LogP contribution < -0.4 is 10.6 Å². The van der Waals surface area contributed by atoms with Crippen LogP contribution in [0.25, 0.3) is 11.3 Å². The zero-order valence-electron chi connectivity index (χ0n) is 16.9. The fourth-order valence-electron chi connectivity index (χ4n) is 2.85. The Hall–Kier alpha value is -3.30. The smallest absolute Gasteiger partial charge is 0.243 e. The molecule has 3 rings (SSSR count). The highest BCUT2D eigenvalue weighted by molar-refractivity contribution is 6.30. The van der Waals surface area contributed by atoms with Gasteiger partial charge in [0.1, 0.15) is 11.5 Å². The first-order valence-electron chi connectivity index (χ1n) is 9.46. The first-order chi connectivity index (χ1) is 15.2. The third kappa shape index (κ3) is 6.12. The molecule has 6 nitrogen and oxygen atoms in total. The van der Waals surface area contributed by atoms with E-state index in [2.05, 4.69) is 10.6 Å². The third-order valence-corrected chi connectivity index (χ3v) is 4.64. The molecule has 0 aliphatic heterocycles. The highest BCUT2D eigenvalue weighted by atomic mass is 35.5. The number of nitrogens with zero attached hydrogens (tertiary/aromatic N) is 1. The molecule has 0 unspecified atom stereocenters. The largest absolute Gasteiger partial charge is 0.460 e. The van der Waals surface area contributed by atoms with Crippen molar-refractivity contribution in [3.63, 3.8) is 0 Å². The van der Waals surface area contributed by atoms with E-state index in [1.54, 1.807) is 30.1 Å². The molecular weight excluding hydrogens is 447 g/mol. The predicted octanol–water partition coefficient (Wildman–Crippen LogP) is 4.20. The number of hydrogen-bond acceptors (Lipinski definition) is 4. The van der Waals surface area contributed by atoms with Gasteiger partial charge in [-0.1, -0.05) is 11.6 Å². The Morgan fingerprint density at radius 1 is 0.969 bits per heavy atom. The summed E-state index contributed by atoms with van der Waals surface area (Å²) >= 11 is 5.88. The Labute approximate surface area is 187 Å². The number of nitrogens with one attached hydrogen (secondary N) is 2. The van der Waals surface area contributed by atoms with E-state index >= 15 is 0 Å². The molecular formula is C22H19ClF3N3O3. The monoisotopic (exact) mass is 465 g/mol. The van der Waals surface area contributed by atoms with E-state index < -0.39 is 41.5 Å². The lowest BCUT2D eigenvalue weighted by atomic mass is 10.2. The molecule has 3 aromatic rings. The number of hydrogen-bond donors (Lipinski definition) is 2. The van der Waals surface area contributed by atoms with Gasteiger partial charge < -0.3 is 15.1 Å². The fourth-order valence-corrected chi connectivity index (χ4v) is 2.98. The SMILES string of the molecule is CN(CC(=O)NCC(=O)Nc1ccc(F)c(F)c1F)Cc1ccc(-c2ccc(Cl)cc2)o1. The second-order valence-electron chi connectivity index (χ2n) is 6.99. The van der Waals surface area contributed by atoms with Gasteiger partial charge in [0.2, 0.25) is 11.8 Å². The molecule has 0 fully saturated rings. The standard InChI is InChI=1S/C22H19ClF3N3O3/c1-29(11-15-6-9-18(32-15)13-2-4-14(23)5-3-13)12-20(31)27-10-19(30)28-17-8-7-16(24)21(25)22(17)26/h2-9H,10-12H2,1H3,(H,27,31)(H,28,30). The van der Waals surface area contributed by atoms with Crippen LogP contribution in [0.3, 0.4) is 0 Å². The summed E-state index contributed by atoms with van der Waals surface area (Å²) in [6, 6.07) is 12.4. The van der Waals surface area contributed by atoms with Crippen molar-refractivity contribution in [2.24, 2.45) is 0 Å². The Morgan fingerprint density at radius 3 is 2.41 bits per heavy atom. The van der Waals surface area contributed by atoms with E-state index in [-0.39, 0.29) is 6.54 Å². The summed E-state index contributed by atoms with van der Waals surface area (Å²) in [5.74, 6) is -4.52. The van der Waals surface area contributed by atoms with E-state index in [4.69, 9.17) is 16.0 Å². The lowest BCUT2D eigenvalue weighted by Crippen LogP contribution is -2.39. The van der Waals surface area contributed by atoms with Crippen LogP contribution in [0.2, 0.25) is 5.02 Å². The predicted molar refractivity (Wildman–Crippen MR) is 113 cm³/mol. The van der Waals surface area contributed by atoms with E-state index in [0.29, 0.717) is 29.2 Å². The third-order valence-electron chi connectivity index (χ3n) is 4.39. The number of benzene rings is 2. The highest BCUT2D eigenvalue weighted by Gasteiger charge is 2.16. The average molecular weight is 466 g/mol. The van der Waals surface area contributed by atoms with Gasteiger partial charge in [0, 0.05) is 10.6 Å². The van der Waals surface area contributed by atoms with E-state index in [0.717, 1.165) is 11.6 Å². The molecule has 0 bridgehead atoms. The Kier molecular flexibility index (Phi) is 7.55. The number of furan rings is 1. The minimum absolute atomic E-state index is 0.0379. The second-order valence-corrected chi connectivity index (χ2v) is 7.43. The summed E-state index contributed by atoms with van der Waals surface area (Å²) < 4.78 is 45.5. The molecule has 0 saturated carbocycles. The molecule has 10 heteroatoms. The molecule has 0 saturated heterocycles.